The number of nitrogens with zero attached hydrogens (tertiary/aromatic N) is 2. The molecule has 0 saturated heterocycles. The van der Waals surface area contributed by atoms with Gasteiger partial charge < -0.3 is 19.7 Å². The smallest absolute Gasteiger partial charge is 0.328 e. The molecule has 22 heavy (non-hydrogen) atoms. The van der Waals surface area contributed by atoms with E-state index in [9.17, 15) is 9.59 Å². The van der Waals surface area contributed by atoms with Gasteiger partial charge in [0.2, 0.25) is 5.91 Å². The molecule has 0 aromatic carbocycles. The maximum atomic E-state index is 12.0. The molecule has 7 nitrogen and oxygen atoms in total. The van der Waals surface area contributed by atoms with E-state index in [2.05, 4.69) is 10.3 Å². The van der Waals surface area contributed by atoms with Crippen molar-refractivity contribution in [1.29, 1.82) is 0 Å². The van der Waals surface area contributed by atoms with Crippen molar-refractivity contribution in [2.75, 3.05) is 13.7 Å². The Morgan fingerprint density at radius 3 is 2.77 bits per heavy atom. The number of amides is 1. The lowest BCUT2D eigenvalue weighted by Crippen LogP contribution is -2.43. The van der Waals surface area contributed by atoms with Gasteiger partial charge in [0.15, 0.2) is 0 Å². The van der Waals surface area contributed by atoms with E-state index >= 15 is 0 Å². The van der Waals surface area contributed by atoms with Crippen molar-refractivity contribution >= 4 is 11.9 Å². The molecule has 124 valence electrons. The predicted molar refractivity (Wildman–Crippen MR) is 81.0 cm³/mol. The number of methoxy groups -OCH3 is 1. The fourth-order valence-electron chi connectivity index (χ4n) is 2.12. The Kier molecular flexibility index (Phi) is 7.59. The van der Waals surface area contributed by atoms with Gasteiger partial charge in [-0.3, -0.25) is 4.79 Å². The topological polar surface area (TPSA) is 93.5 Å². The molecule has 1 aromatic heterocycles. The van der Waals surface area contributed by atoms with Gasteiger partial charge in [-0.1, -0.05) is 13.8 Å². The Bertz CT molecular complexity index is 485. The lowest BCUT2D eigenvalue weighted by atomic mass is 10.0. The minimum absolute atomic E-state index is 0.0950. The summed E-state index contributed by atoms with van der Waals surface area (Å²) in [6.07, 6.45) is 5.18. The monoisotopic (exact) mass is 311 g/mol. The fraction of sp³-hybridized carbons (Fsp3) is 0.667. The van der Waals surface area contributed by atoms with Crippen LogP contribution < -0.4 is 5.32 Å². The van der Waals surface area contributed by atoms with Crippen molar-refractivity contribution in [3.8, 4) is 0 Å². The number of aliphatic hydroxyl groups is 1. The average Bonchev–Trinajstić information content (AvgIpc) is 2.90. The zero-order chi connectivity index (χ0) is 16.5. The summed E-state index contributed by atoms with van der Waals surface area (Å²) < 4.78 is 6.37. The summed E-state index contributed by atoms with van der Waals surface area (Å²) in [4.78, 5) is 27.9. The number of aryl methyl sites for hydroxylation is 1. The molecule has 0 radical (unpaired) electrons. The third-order valence-electron chi connectivity index (χ3n) is 3.13. The van der Waals surface area contributed by atoms with E-state index < -0.39 is 12.0 Å². The second-order valence-electron chi connectivity index (χ2n) is 5.64. The zero-order valence-electron chi connectivity index (χ0n) is 13.4. The first-order chi connectivity index (χ1) is 10.5. The molecule has 0 fully saturated rings. The number of hydrogen-bond donors (Lipinski definition) is 2. The van der Waals surface area contributed by atoms with Crippen molar-refractivity contribution in [3.63, 3.8) is 0 Å². The summed E-state index contributed by atoms with van der Waals surface area (Å²) >= 11 is 0. The maximum Gasteiger partial charge on any atom is 0.328 e. The van der Waals surface area contributed by atoms with Crippen LogP contribution in [0.15, 0.2) is 12.5 Å². The molecule has 2 N–H and O–H groups in total. The molecule has 1 heterocycles. The number of hydrogen-bond acceptors (Lipinski definition) is 5. The second-order valence-corrected chi connectivity index (χ2v) is 5.64. The number of imidazole rings is 1. The predicted octanol–water partition coefficient (Wildman–Crippen LogP) is 0.512. The number of carbonyl (C=O) groups excluding carboxylic acids is 2. The molecular weight excluding hydrogens is 286 g/mol. The summed E-state index contributed by atoms with van der Waals surface area (Å²) in [6.45, 7) is 4.16. The fourth-order valence-corrected chi connectivity index (χ4v) is 2.12. The average molecular weight is 311 g/mol. The minimum atomic E-state index is -0.630. The van der Waals surface area contributed by atoms with E-state index in [-0.39, 0.29) is 25.0 Å². The highest BCUT2D eigenvalue weighted by molar-refractivity contribution is 5.84. The molecule has 0 spiro atoms. The summed E-state index contributed by atoms with van der Waals surface area (Å²) in [5.74, 6) is -0.429. The molecule has 1 aromatic rings. The molecular formula is C15H25N3O4. The highest BCUT2D eigenvalue weighted by Gasteiger charge is 2.22. The van der Waals surface area contributed by atoms with Gasteiger partial charge in [0.25, 0.3) is 0 Å². The lowest BCUT2D eigenvalue weighted by Gasteiger charge is -2.18. The first kappa shape index (κ1) is 18.2. The van der Waals surface area contributed by atoms with Crippen LogP contribution in [0.5, 0.6) is 0 Å². The summed E-state index contributed by atoms with van der Waals surface area (Å²) in [5, 5.41) is 11.5. The number of carbonyl (C=O) groups is 2. The van der Waals surface area contributed by atoms with Crippen LogP contribution in [0.25, 0.3) is 0 Å². The molecule has 0 saturated carbocycles. The second kappa shape index (κ2) is 9.19. The van der Waals surface area contributed by atoms with Gasteiger partial charge in [-0.05, 0) is 25.2 Å². The quantitative estimate of drug-likeness (QED) is 0.648. The highest BCUT2D eigenvalue weighted by Crippen LogP contribution is 2.06. The van der Waals surface area contributed by atoms with Gasteiger partial charge in [-0.15, -0.1) is 0 Å². The SMILES string of the molecule is COC(=O)C(CC(C)C)NC(=O)Cn1cnc(CCCO)c1. The van der Waals surface area contributed by atoms with E-state index in [1.807, 2.05) is 13.8 Å². The number of aliphatic hydroxyl groups excluding tert-OH is 1. The third kappa shape index (κ3) is 6.26. The summed E-state index contributed by atoms with van der Waals surface area (Å²) in [7, 11) is 1.31. The van der Waals surface area contributed by atoms with Gasteiger partial charge in [0.05, 0.1) is 19.1 Å². The van der Waals surface area contributed by atoms with Gasteiger partial charge in [-0.25, -0.2) is 9.78 Å². The van der Waals surface area contributed by atoms with Crippen LogP contribution in [0.3, 0.4) is 0 Å². The van der Waals surface area contributed by atoms with Crippen LogP contribution in [0.2, 0.25) is 0 Å². The highest BCUT2D eigenvalue weighted by atomic mass is 16.5. The first-order valence-corrected chi connectivity index (χ1v) is 7.45. The van der Waals surface area contributed by atoms with Crippen LogP contribution >= 0.6 is 0 Å². The molecule has 1 atom stereocenters. The summed E-state index contributed by atoms with van der Waals surface area (Å²) in [6, 6.07) is -0.630. The molecule has 7 heteroatoms. The van der Waals surface area contributed by atoms with E-state index in [0.29, 0.717) is 19.3 Å². The molecule has 0 bridgehead atoms. The molecule has 0 aliphatic rings. The number of nitrogens with one attached hydrogen (secondary N) is 1. The van der Waals surface area contributed by atoms with Gasteiger partial charge in [0.1, 0.15) is 12.6 Å². The van der Waals surface area contributed by atoms with Crippen LogP contribution in [-0.2, 0) is 27.3 Å². The van der Waals surface area contributed by atoms with E-state index in [1.165, 1.54) is 7.11 Å². The lowest BCUT2D eigenvalue weighted by molar-refractivity contribution is -0.145. The van der Waals surface area contributed by atoms with Crippen molar-refractivity contribution in [3.05, 3.63) is 18.2 Å². The Morgan fingerprint density at radius 2 is 2.18 bits per heavy atom. The van der Waals surface area contributed by atoms with Crippen molar-refractivity contribution in [2.24, 2.45) is 5.92 Å². The van der Waals surface area contributed by atoms with Crippen molar-refractivity contribution in [1.82, 2.24) is 14.9 Å². The number of ether oxygens (including phenoxy) is 1. The van der Waals surface area contributed by atoms with E-state index in [4.69, 9.17) is 9.84 Å². The van der Waals surface area contributed by atoms with Gasteiger partial charge >= 0.3 is 5.97 Å². The molecule has 0 aliphatic carbocycles. The van der Waals surface area contributed by atoms with Crippen LogP contribution in [0, 0.1) is 5.92 Å². The Balaban J connectivity index is 2.55. The molecule has 1 amide bonds. The zero-order valence-corrected chi connectivity index (χ0v) is 13.4. The molecule has 0 aliphatic heterocycles. The third-order valence-corrected chi connectivity index (χ3v) is 3.13. The maximum absolute atomic E-state index is 12.0. The minimum Gasteiger partial charge on any atom is -0.467 e. The normalized spacial score (nSPS) is 12.2. The number of aromatic nitrogens is 2. The first-order valence-electron chi connectivity index (χ1n) is 7.45. The largest absolute Gasteiger partial charge is 0.467 e. The Morgan fingerprint density at radius 1 is 1.45 bits per heavy atom. The van der Waals surface area contributed by atoms with Crippen LogP contribution in [0.1, 0.15) is 32.4 Å². The van der Waals surface area contributed by atoms with Gasteiger partial charge in [0, 0.05) is 12.8 Å². The Labute approximate surface area is 130 Å². The molecule has 1 rings (SSSR count). The van der Waals surface area contributed by atoms with Crippen molar-refractivity contribution in [2.45, 2.75) is 45.7 Å². The van der Waals surface area contributed by atoms with E-state index in [0.717, 1.165) is 5.69 Å². The van der Waals surface area contributed by atoms with Crippen LogP contribution in [-0.4, -0.2) is 46.3 Å². The molecule has 1 unspecified atom stereocenters. The van der Waals surface area contributed by atoms with Crippen molar-refractivity contribution < 1.29 is 19.4 Å². The number of rotatable bonds is 9. The Hall–Kier alpha value is -1.89. The summed E-state index contributed by atoms with van der Waals surface area (Å²) in [5.41, 5.74) is 0.827. The number of esters is 1. The van der Waals surface area contributed by atoms with E-state index in [1.54, 1.807) is 17.1 Å². The standard InChI is InChI=1S/C15H25N3O4/c1-11(2)7-13(15(21)22-3)17-14(20)9-18-8-12(16-10-18)5-4-6-19/h8,10-11,13,19H,4-7,9H2,1-3H3,(H,17,20). The van der Waals surface area contributed by atoms with Crippen LogP contribution in [0.4, 0.5) is 0 Å². The van der Waals surface area contributed by atoms with Gasteiger partial charge in [-0.2, -0.15) is 0 Å².